The lowest BCUT2D eigenvalue weighted by molar-refractivity contribution is -0.143. The Hall–Kier alpha value is -3.23. The van der Waals surface area contributed by atoms with Crippen molar-refractivity contribution < 1.29 is 24.3 Å². The SMILES string of the molecule is Cc1cc(Cl)cc2c1NC(=O)[C@]21N[C@H](CCC(=O)O)[C@H]2C(=O)N(CCc3ccccc3)C(=O)[C@H]21. The summed E-state index contributed by atoms with van der Waals surface area (Å²) in [6.45, 7) is 2.01. The van der Waals surface area contributed by atoms with Crippen molar-refractivity contribution in [3.8, 4) is 0 Å². The predicted octanol–water partition coefficient (Wildman–Crippen LogP) is 2.48. The van der Waals surface area contributed by atoms with Gasteiger partial charge in [-0.3, -0.25) is 29.4 Å². The molecule has 0 bridgehead atoms. The number of halogens is 1. The molecule has 3 heterocycles. The molecule has 3 aliphatic heterocycles. The fourth-order valence-electron chi connectivity index (χ4n) is 5.73. The molecule has 34 heavy (non-hydrogen) atoms. The van der Waals surface area contributed by atoms with Crippen LogP contribution in [-0.2, 0) is 31.1 Å². The van der Waals surface area contributed by atoms with Gasteiger partial charge in [0.25, 0.3) is 0 Å². The zero-order valence-electron chi connectivity index (χ0n) is 18.5. The number of rotatable bonds is 6. The molecular weight excluding hydrogens is 458 g/mol. The van der Waals surface area contributed by atoms with Crippen molar-refractivity contribution in [3.05, 3.63) is 64.2 Å². The van der Waals surface area contributed by atoms with Gasteiger partial charge < -0.3 is 10.4 Å². The van der Waals surface area contributed by atoms with Gasteiger partial charge in [-0.15, -0.1) is 0 Å². The fraction of sp³-hybridized carbons (Fsp3) is 0.360. The van der Waals surface area contributed by atoms with Crippen molar-refractivity contribution in [2.24, 2.45) is 11.8 Å². The molecular formula is C25H24ClN3O5. The molecule has 9 heteroatoms. The summed E-state index contributed by atoms with van der Waals surface area (Å²) >= 11 is 6.32. The summed E-state index contributed by atoms with van der Waals surface area (Å²) in [5.74, 6) is -4.03. The molecule has 0 unspecified atom stereocenters. The minimum absolute atomic E-state index is 0.117. The Labute approximate surface area is 201 Å². The smallest absolute Gasteiger partial charge is 0.303 e. The van der Waals surface area contributed by atoms with Crippen LogP contribution >= 0.6 is 11.6 Å². The summed E-state index contributed by atoms with van der Waals surface area (Å²) in [5, 5.41) is 15.8. The number of carbonyl (C=O) groups is 4. The lowest BCUT2D eigenvalue weighted by atomic mass is 9.76. The van der Waals surface area contributed by atoms with Gasteiger partial charge in [-0.1, -0.05) is 41.9 Å². The Morgan fingerprint density at radius 3 is 2.59 bits per heavy atom. The second-order valence-electron chi connectivity index (χ2n) is 9.16. The van der Waals surface area contributed by atoms with Crippen molar-refractivity contribution in [1.82, 2.24) is 10.2 Å². The van der Waals surface area contributed by atoms with Crippen LogP contribution in [0.15, 0.2) is 42.5 Å². The average molecular weight is 482 g/mol. The Kier molecular flexibility index (Phi) is 5.45. The molecule has 2 saturated heterocycles. The van der Waals surface area contributed by atoms with E-state index >= 15 is 0 Å². The van der Waals surface area contributed by atoms with Crippen molar-refractivity contribution in [1.29, 1.82) is 0 Å². The number of fused-ring (bicyclic) bond motifs is 4. The molecule has 0 aliphatic carbocycles. The van der Waals surface area contributed by atoms with Crippen LogP contribution < -0.4 is 10.6 Å². The monoisotopic (exact) mass is 481 g/mol. The number of hydrogen-bond acceptors (Lipinski definition) is 5. The quantitative estimate of drug-likeness (QED) is 0.546. The molecule has 3 N–H and O–H groups in total. The average Bonchev–Trinajstić information content (AvgIpc) is 3.37. The molecule has 176 valence electrons. The highest BCUT2D eigenvalue weighted by molar-refractivity contribution is 6.31. The third-order valence-electron chi connectivity index (χ3n) is 7.21. The summed E-state index contributed by atoms with van der Waals surface area (Å²) in [6.07, 6.45) is 0.420. The molecule has 3 amide bonds. The number of nitrogens with zero attached hydrogens (tertiary/aromatic N) is 1. The van der Waals surface area contributed by atoms with Gasteiger partial charge in [-0.05, 0) is 43.0 Å². The van der Waals surface area contributed by atoms with E-state index in [-0.39, 0.29) is 25.3 Å². The first-order valence-electron chi connectivity index (χ1n) is 11.2. The van der Waals surface area contributed by atoms with Crippen LogP contribution in [0.25, 0.3) is 0 Å². The second kappa shape index (κ2) is 8.21. The van der Waals surface area contributed by atoms with Crippen LogP contribution in [0.1, 0.15) is 29.5 Å². The molecule has 2 aromatic carbocycles. The predicted molar refractivity (Wildman–Crippen MR) is 124 cm³/mol. The van der Waals surface area contributed by atoms with Crippen molar-refractivity contribution >= 4 is 41.0 Å². The highest BCUT2D eigenvalue weighted by Gasteiger charge is 2.70. The van der Waals surface area contributed by atoms with Crippen LogP contribution in [0.2, 0.25) is 5.02 Å². The third-order valence-corrected chi connectivity index (χ3v) is 7.43. The number of aryl methyl sites for hydroxylation is 1. The number of imide groups is 1. The van der Waals surface area contributed by atoms with Crippen LogP contribution in [-0.4, -0.2) is 46.3 Å². The largest absolute Gasteiger partial charge is 0.481 e. The zero-order chi connectivity index (χ0) is 24.2. The standard InChI is InChI=1S/C25H24ClN3O5/c1-13-11-15(26)12-16-21(13)27-24(34)25(16)20-19(17(28-25)7-8-18(30)31)22(32)29(23(20)33)10-9-14-5-3-2-4-6-14/h2-6,11-12,17,19-20,28H,7-10H2,1H3,(H,27,34)(H,30,31)/t17-,19-,20+,25+/m1/s1. The molecule has 3 aliphatic rings. The van der Waals surface area contributed by atoms with Gasteiger partial charge in [0.2, 0.25) is 17.7 Å². The van der Waals surface area contributed by atoms with Gasteiger partial charge in [0.1, 0.15) is 5.54 Å². The minimum atomic E-state index is -1.48. The van der Waals surface area contributed by atoms with Crippen LogP contribution in [0, 0.1) is 18.8 Å². The summed E-state index contributed by atoms with van der Waals surface area (Å²) < 4.78 is 0. The first-order chi connectivity index (χ1) is 16.2. The molecule has 2 aromatic rings. The topological polar surface area (TPSA) is 116 Å². The number of carboxylic acid groups (broad SMARTS) is 1. The molecule has 0 saturated carbocycles. The number of nitrogens with one attached hydrogen (secondary N) is 2. The summed E-state index contributed by atoms with van der Waals surface area (Å²) in [5.41, 5.74) is 1.36. The van der Waals surface area contributed by atoms with Crippen molar-refractivity contribution in [2.75, 3.05) is 11.9 Å². The molecule has 0 radical (unpaired) electrons. The van der Waals surface area contributed by atoms with E-state index in [2.05, 4.69) is 10.6 Å². The van der Waals surface area contributed by atoms with E-state index in [1.807, 2.05) is 37.3 Å². The van der Waals surface area contributed by atoms with Gasteiger partial charge in [0.15, 0.2) is 0 Å². The maximum absolute atomic E-state index is 13.7. The zero-order valence-corrected chi connectivity index (χ0v) is 19.3. The van der Waals surface area contributed by atoms with Crippen molar-refractivity contribution in [2.45, 2.75) is 37.8 Å². The normalized spacial score (nSPS) is 27.3. The molecule has 1 spiro atoms. The Balaban J connectivity index is 1.55. The van der Waals surface area contributed by atoms with E-state index in [4.69, 9.17) is 11.6 Å². The summed E-state index contributed by atoms with van der Waals surface area (Å²) in [4.78, 5) is 53.3. The number of carboxylic acids is 1. The van der Waals surface area contributed by atoms with E-state index in [0.717, 1.165) is 11.1 Å². The number of amides is 3. The summed E-state index contributed by atoms with van der Waals surface area (Å²) in [6, 6.07) is 12.3. The molecule has 8 nitrogen and oxygen atoms in total. The third kappa shape index (κ3) is 3.32. The van der Waals surface area contributed by atoms with E-state index in [1.165, 1.54) is 4.90 Å². The first kappa shape index (κ1) is 22.6. The van der Waals surface area contributed by atoms with Crippen molar-refractivity contribution in [3.63, 3.8) is 0 Å². The lowest BCUT2D eigenvalue weighted by Gasteiger charge is -2.29. The molecule has 5 rings (SSSR count). The Morgan fingerprint density at radius 2 is 1.88 bits per heavy atom. The number of carbonyl (C=O) groups excluding carboxylic acids is 3. The lowest BCUT2D eigenvalue weighted by Crippen LogP contribution is -2.53. The maximum atomic E-state index is 13.7. The number of likely N-dealkylation sites (tertiary alicyclic amines) is 1. The number of hydrogen-bond donors (Lipinski definition) is 3. The Bertz CT molecular complexity index is 1220. The molecule has 2 fully saturated rings. The van der Waals surface area contributed by atoms with Crippen LogP contribution in [0.5, 0.6) is 0 Å². The van der Waals surface area contributed by atoms with E-state index in [0.29, 0.717) is 22.7 Å². The highest BCUT2D eigenvalue weighted by Crippen LogP contribution is 2.54. The van der Waals surface area contributed by atoms with Gasteiger partial charge in [-0.25, -0.2) is 0 Å². The van der Waals surface area contributed by atoms with Gasteiger partial charge in [0.05, 0.1) is 11.8 Å². The Morgan fingerprint density at radius 1 is 1.15 bits per heavy atom. The number of aliphatic carboxylic acids is 1. The van der Waals surface area contributed by atoms with Crippen LogP contribution in [0.3, 0.4) is 0 Å². The second-order valence-corrected chi connectivity index (χ2v) is 9.59. The van der Waals surface area contributed by atoms with Gasteiger partial charge in [0, 0.05) is 35.3 Å². The molecule has 0 aromatic heterocycles. The van der Waals surface area contributed by atoms with E-state index in [9.17, 15) is 24.3 Å². The van der Waals surface area contributed by atoms with E-state index < -0.39 is 41.2 Å². The minimum Gasteiger partial charge on any atom is -0.481 e. The van der Waals surface area contributed by atoms with Crippen LogP contribution in [0.4, 0.5) is 5.69 Å². The first-order valence-corrected chi connectivity index (χ1v) is 11.6. The van der Waals surface area contributed by atoms with Gasteiger partial charge in [-0.2, -0.15) is 0 Å². The van der Waals surface area contributed by atoms with E-state index in [1.54, 1.807) is 12.1 Å². The fourth-order valence-corrected chi connectivity index (χ4v) is 6.00. The summed E-state index contributed by atoms with van der Waals surface area (Å²) in [7, 11) is 0. The maximum Gasteiger partial charge on any atom is 0.303 e. The molecule has 4 atom stereocenters. The van der Waals surface area contributed by atoms with Gasteiger partial charge >= 0.3 is 5.97 Å². The number of anilines is 1. The number of benzene rings is 2. The highest BCUT2D eigenvalue weighted by atomic mass is 35.5.